The second kappa shape index (κ2) is 11.8. The highest BCUT2D eigenvalue weighted by molar-refractivity contribution is 6.26. The van der Waals surface area contributed by atoms with E-state index in [1.807, 2.05) is 0 Å². The van der Waals surface area contributed by atoms with Gasteiger partial charge in [-0.1, -0.05) is 32.9 Å². The summed E-state index contributed by atoms with van der Waals surface area (Å²) in [6, 6.07) is 5.29. The molecule has 0 bridgehead atoms. The summed E-state index contributed by atoms with van der Waals surface area (Å²) in [5.41, 5.74) is 0.241. The van der Waals surface area contributed by atoms with Gasteiger partial charge in [0.25, 0.3) is 0 Å². The predicted octanol–water partition coefficient (Wildman–Crippen LogP) is 1.35. The van der Waals surface area contributed by atoms with E-state index in [0.29, 0.717) is 12.0 Å². The highest BCUT2D eigenvalue weighted by Gasteiger charge is 2.34. The number of methoxy groups -OCH3 is 1. The Labute approximate surface area is 182 Å². The Bertz CT molecular complexity index is 799. The van der Waals surface area contributed by atoms with Crippen molar-refractivity contribution >= 4 is 29.7 Å². The number of benzene rings is 1. The average molecular weight is 433 g/mol. The first kappa shape index (κ1) is 25.8. The summed E-state index contributed by atoms with van der Waals surface area (Å²) < 4.78 is 5.10. The van der Waals surface area contributed by atoms with Gasteiger partial charge in [-0.3, -0.25) is 19.2 Å². The van der Waals surface area contributed by atoms with E-state index in [1.165, 1.54) is 6.92 Å². The third-order valence-electron chi connectivity index (χ3n) is 4.57. The molecule has 1 aromatic carbocycles. The Balaban J connectivity index is 2.91. The number of rotatable bonds is 11. The Hall–Kier alpha value is -3.23. The molecule has 0 aromatic heterocycles. The first-order chi connectivity index (χ1) is 14.5. The first-order valence-electron chi connectivity index (χ1n) is 9.99. The number of hydrogen-bond acceptors (Lipinski definition) is 6. The van der Waals surface area contributed by atoms with Gasteiger partial charge in [0.15, 0.2) is 5.78 Å². The minimum atomic E-state index is -0.992. The van der Waals surface area contributed by atoms with Gasteiger partial charge in [0.1, 0.15) is 17.8 Å². The molecule has 2 atom stereocenters. The molecule has 9 nitrogen and oxygen atoms in total. The Morgan fingerprint density at radius 2 is 1.68 bits per heavy atom. The maximum atomic E-state index is 12.8. The van der Waals surface area contributed by atoms with Crippen LogP contribution >= 0.6 is 0 Å². The average Bonchev–Trinajstić information content (AvgIpc) is 2.72. The first-order valence-corrected chi connectivity index (χ1v) is 9.99. The van der Waals surface area contributed by atoms with Crippen LogP contribution in [0.2, 0.25) is 0 Å². The van der Waals surface area contributed by atoms with Crippen molar-refractivity contribution in [3.63, 3.8) is 0 Å². The summed E-state index contributed by atoms with van der Waals surface area (Å²) in [6.45, 7) is 6.93. The molecule has 0 heterocycles. The normalized spacial score (nSPS) is 12.8. The van der Waals surface area contributed by atoms with Crippen molar-refractivity contribution in [2.24, 2.45) is 5.41 Å². The van der Waals surface area contributed by atoms with Gasteiger partial charge in [0.05, 0.1) is 13.3 Å². The number of ketones is 1. The van der Waals surface area contributed by atoms with Crippen LogP contribution in [0.5, 0.6) is 5.75 Å². The van der Waals surface area contributed by atoms with Crippen LogP contribution in [0, 0.1) is 10.8 Å². The Morgan fingerprint density at radius 3 is 2.16 bits per heavy atom. The van der Waals surface area contributed by atoms with E-state index in [0.717, 1.165) is 5.56 Å². The lowest BCUT2D eigenvalue weighted by Gasteiger charge is -2.31. The standard InChI is InChI=1S/C22H32N4O5/c1-14(27)25-19(22(2,3)4)21(30)26-18(11-8-16(28)12-23)20(29)24-13-15-6-9-17(31-5)10-7-15/h6-7,9-10,12,18-19,23H,8,11,13H2,1-5H3,(H,24,29)(H,25,27)(H,26,30)/t18-,19+/m0/s1. The molecule has 170 valence electrons. The number of nitrogens with one attached hydrogen (secondary N) is 4. The van der Waals surface area contributed by atoms with Crippen LogP contribution in [-0.2, 0) is 25.7 Å². The highest BCUT2D eigenvalue weighted by atomic mass is 16.5. The van der Waals surface area contributed by atoms with E-state index >= 15 is 0 Å². The molecular formula is C22H32N4O5. The lowest BCUT2D eigenvalue weighted by atomic mass is 9.85. The van der Waals surface area contributed by atoms with E-state index in [2.05, 4.69) is 16.0 Å². The third-order valence-corrected chi connectivity index (χ3v) is 4.57. The number of amides is 3. The zero-order valence-electron chi connectivity index (χ0n) is 18.7. The maximum Gasteiger partial charge on any atom is 0.243 e. The number of hydrogen-bond donors (Lipinski definition) is 4. The summed E-state index contributed by atoms with van der Waals surface area (Å²) in [7, 11) is 1.56. The Morgan fingerprint density at radius 1 is 1.06 bits per heavy atom. The fourth-order valence-electron chi connectivity index (χ4n) is 2.82. The number of Topliss-reactive ketones (excluding diaryl/α,β-unsaturated/α-hetero) is 1. The van der Waals surface area contributed by atoms with Gasteiger partial charge in [-0.25, -0.2) is 0 Å². The van der Waals surface area contributed by atoms with E-state index in [4.69, 9.17) is 10.1 Å². The molecule has 31 heavy (non-hydrogen) atoms. The molecule has 9 heteroatoms. The molecule has 0 aliphatic carbocycles. The van der Waals surface area contributed by atoms with E-state index < -0.39 is 35.1 Å². The van der Waals surface area contributed by atoms with Gasteiger partial charge in [0, 0.05) is 19.9 Å². The van der Waals surface area contributed by atoms with Crippen LogP contribution in [0.3, 0.4) is 0 Å². The van der Waals surface area contributed by atoms with Gasteiger partial charge in [0.2, 0.25) is 17.7 Å². The minimum Gasteiger partial charge on any atom is -0.497 e. The summed E-state index contributed by atoms with van der Waals surface area (Å²) in [5, 5.41) is 15.0. The quantitative estimate of drug-likeness (QED) is 0.391. The second-order valence-corrected chi connectivity index (χ2v) is 8.28. The van der Waals surface area contributed by atoms with Gasteiger partial charge in [-0.15, -0.1) is 0 Å². The van der Waals surface area contributed by atoms with Crippen LogP contribution in [0.4, 0.5) is 0 Å². The highest BCUT2D eigenvalue weighted by Crippen LogP contribution is 2.20. The minimum absolute atomic E-state index is 0.0331. The van der Waals surface area contributed by atoms with Crippen LogP contribution in [0.25, 0.3) is 0 Å². The fraction of sp³-hybridized carbons (Fsp3) is 0.500. The van der Waals surface area contributed by atoms with Crippen molar-refractivity contribution in [2.75, 3.05) is 7.11 Å². The summed E-state index contributed by atoms with van der Waals surface area (Å²) in [4.78, 5) is 48.7. The van der Waals surface area contributed by atoms with Crippen molar-refractivity contribution < 1.29 is 23.9 Å². The molecule has 3 amide bonds. The molecule has 0 aliphatic rings. The maximum absolute atomic E-state index is 12.8. The predicted molar refractivity (Wildman–Crippen MR) is 117 cm³/mol. The monoisotopic (exact) mass is 432 g/mol. The van der Waals surface area contributed by atoms with Crippen LogP contribution < -0.4 is 20.7 Å². The van der Waals surface area contributed by atoms with Crippen LogP contribution in [0.15, 0.2) is 24.3 Å². The van der Waals surface area contributed by atoms with Crippen LogP contribution in [-0.4, -0.2) is 48.9 Å². The molecule has 1 rings (SSSR count). The van der Waals surface area contributed by atoms with E-state index in [9.17, 15) is 19.2 Å². The summed E-state index contributed by atoms with van der Waals surface area (Å²) in [6.07, 6.45) is 0.652. The molecule has 0 fully saturated rings. The van der Waals surface area contributed by atoms with Gasteiger partial charge in [-0.05, 0) is 29.5 Å². The zero-order chi connectivity index (χ0) is 23.6. The topological polar surface area (TPSA) is 137 Å². The van der Waals surface area contributed by atoms with Crippen molar-refractivity contribution in [2.45, 2.75) is 59.2 Å². The molecular weight excluding hydrogens is 400 g/mol. The number of carbonyl (C=O) groups excluding carboxylic acids is 4. The molecule has 0 spiro atoms. The van der Waals surface area contributed by atoms with Crippen LogP contribution in [0.1, 0.15) is 46.1 Å². The third kappa shape index (κ3) is 8.98. The van der Waals surface area contributed by atoms with Gasteiger partial charge in [-0.2, -0.15) is 0 Å². The molecule has 0 unspecified atom stereocenters. The zero-order valence-corrected chi connectivity index (χ0v) is 18.7. The smallest absolute Gasteiger partial charge is 0.243 e. The van der Waals surface area contributed by atoms with E-state index in [1.54, 1.807) is 52.1 Å². The lowest BCUT2D eigenvalue weighted by Crippen LogP contribution is -2.57. The molecule has 0 saturated heterocycles. The molecule has 0 aliphatic heterocycles. The number of ether oxygens (including phenoxy) is 1. The van der Waals surface area contributed by atoms with Gasteiger partial charge < -0.3 is 26.1 Å². The summed E-state index contributed by atoms with van der Waals surface area (Å²) in [5.74, 6) is -1.10. The number of carbonyl (C=O) groups is 4. The lowest BCUT2D eigenvalue weighted by molar-refractivity contribution is -0.134. The van der Waals surface area contributed by atoms with Crippen molar-refractivity contribution in [1.82, 2.24) is 16.0 Å². The fourth-order valence-corrected chi connectivity index (χ4v) is 2.82. The summed E-state index contributed by atoms with van der Waals surface area (Å²) >= 11 is 0. The van der Waals surface area contributed by atoms with Crippen molar-refractivity contribution in [3.05, 3.63) is 29.8 Å². The van der Waals surface area contributed by atoms with E-state index in [-0.39, 0.29) is 25.3 Å². The van der Waals surface area contributed by atoms with Gasteiger partial charge >= 0.3 is 0 Å². The van der Waals surface area contributed by atoms with Crippen molar-refractivity contribution in [1.29, 1.82) is 5.41 Å². The Kier molecular flexibility index (Phi) is 9.85. The van der Waals surface area contributed by atoms with Crippen molar-refractivity contribution in [3.8, 4) is 5.75 Å². The molecule has 0 radical (unpaired) electrons. The molecule has 1 aromatic rings. The SMILES string of the molecule is COc1ccc(CNC(=O)[C@H](CCC(=O)C=N)NC(=O)[C@@H](NC(C)=O)C(C)(C)C)cc1. The molecule has 0 saturated carbocycles. The second-order valence-electron chi connectivity index (χ2n) is 8.28. The molecule has 4 N–H and O–H groups in total. The largest absolute Gasteiger partial charge is 0.497 e.